The fourth-order valence-corrected chi connectivity index (χ4v) is 7.49. The molecule has 2 aliphatic carbocycles. The van der Waals surface area contributed by atoms with E-state index in [-0.39, 0.29) is 35.7 Å². The monoisotopic (exact) mass is 386 g/mol. The summed E-state index contributed by atoms with van der Waals surface area (Å²) in [7, 11) is 0. The molecule has 0 unspecified atom stereocenters. The summed E-state index contributed by atoms with van der Waals surface area (Å²) < 4.78 is 0. The number of carbonyl (C=O) groups excluding carboxylic acids is 2. The average Bonchev–Trinajstić information content (AvgIpc) is 3.20. The minimum Gasteiger partial charge on any atom is -0.309 e. The third kappa shape index (κ3) is 1.80. The summed E-state index contributed by atoms with van der Waals surface area (Å²) >= 11 is 3.07. The molecular weight excluding hydrogens is 364 g/mol. The molecule has 6 heteroatoms. The first kappa shape index (κ1) is 16.8. The zero-order valence-corrected chi connectivity index (χ0v) is 16.5. The normalized spacial score (nSPS) is 45.0. The molecular formula is C20H22N2O2S2. The molecule has 0 aromatic carbocycles. The maximum atomic E-state index is 13.9. The number of rotatable bonds is 2. The molecule has 3 heterocycles. The minimum absolute atomic E-state index is 0.0104. The SMILES string of the molecule is CS[C@@]12C[C@H]3C=CC=C[C@H]3N1C(=O)[C@]1(SC)C[C@H]3C=CC=C[C@H]3N1C2=O. The maximum Gasteiger partial charge on any atom is 0.261 e. The third-order valence-corrected chi connectivity index (χ3v) is 9.04. The molecule has 5 rings (SSSR count). The van der Waals surface area contributed by atoms with Crippen LogP contribution in [0.15, 0.2) is 48.6 Å². The molecule has 0 spiro atoms. The van der Waals surface area contributed by atoms with Gasteiger partial charge in [0.25, 0.3) is 11.8 Å². The first-order valence-electron chi connectivity index (χ1n) is 9.07. The fraction of sp³-hybridized carbons (Fsp3) is 0.500. The molecule has 4 nitrogen and oxygen atoms in total. The van der Waals surface area contributed by atoms with Crippen molar-refractivity contribution in [2.24, 2.45) is 11.8 Å². The second-order valence-corrected chi connectivity index (χ2v) is 9.75. The molecule has 3 saturated heterocycles. The number of piperazine rings is 1. The lowest BCUT2D eigenvalue weighted by molar-refractivity contribution is -0.163. The lowest BCUT2D eigenvalue weighted by Crippen LogP contribution is -2.73. The van der Waals surface area contributed by atoms with E-state index in [1.807, 2.05) is 46.6 Å². The van der Waals surface area contributed by atoms with Gasteiger partial charge in [-0.1, -0.05) is 48.6 Å². The highest BCUT2D eigenvalue weighted by Crippen LogP contribution is 2.58. The summed E-state index contributed by atoms with van der Waals surface area (Å²) in [4.78, 5) is 30.2. The molecule has 0 radical (unpaired) electrons. The zero-order valence-electron chi connectivity index (χ0n) is 14.9. The van der Waals surface area contributed by atoms with Gasteiger partial charge in [0.1, 0.15) is 0 Å². The third-order valence-electron chi connectivity index (χ3n) is 6.61. The molecule has 3 aliphatic heterocycles. The van der Waals surface area contributed by atoms with Gasteiger partial charge in [-0.3, -0.25) is 9.59 Å². The van der Waals surface area contributed by atoms with E-state index in [1.54, 1.807) is 0 Å². The van der Waals surface area contributed by atoms with Crippen molar-refractivity contribution in [2.45, 2.75) is 34.7 Å². The number of carbonyl (C=O) groups is 2. The highest BCUT2D eigenvalue weighted by molar-refractivity contribution is 8.01. The van der Waals surface area contributed by atoms with E-state index in [0.29, 0.717) is 12.8 Å². The van der Waals surface area contributed by atoms with Gasteiger partial charge in [0.2, 0.25) is 0 Å². The molecule has 5 aliphatic rings. The average molecular weight is 387 g/mol. The Labute approximate surface area is 162 Å². The van der Waals surface area contributed by atoms with Gasteiger partial charge in [0, 0.05) is 11.8 Å². The Morgan fingerprint density at radius 1 is 0.769 bits per heavy atom. The molecule has 2 amide bonds. The number of hydrogen-bond donors (Lipinski definition) is 0. The van der Waals surface area contributed by atoms with Crippen LogP contribution < -0.4 is 0 Å². The summed E-state index contributed by atoms with van der Waals surface area (Å²) in [6.45, 7) is 0. The van der Waals surface area contributed by atoms with Crippen molar-refractivity contribution in [2.75, 3.05) is 12.5 Å². The van der Waals surface area contributed by atoms with Crippen molar-refractivity contribution < 1.29 is 9.59 Å². The zero-order chi connectivity index (χ0) is 18.1. The van der Waals surface area contributed by atoms with Crippen LogP contribution in [0.3, 0.4) is 0 Å². The predicted octanol–water partition coefficient (Wildman–Crippen LogP) is 2.80. The van der Waals surface area contributed by atoms with Gasteiger partial charge >= 0.3 is 0 Å². The number of allylic oxidation sites excluding steroid dienone is 4. The first-order valence-corrected chi connectivity index (χ1v) is 11.5. The van der Waals surface area contributed by atoms with E-state index in [2.05, 4.69) is 24.3 Å². The van der Waals surface area contributed by atoms with Crippen LogP contribution in [0.2, 0.25) is 0 Å². The van der Waals surface area contributed by atoms with Crippen LogP contribution >= 0.6 is 23.5 Å². The molecule has 0 bridgehead atoms. The quantitative estimate of drug-likeness (QED) is 0.732. The van der Waals surface area contributed by atoms with Crippen LogP contribution in [-0.2, 0) is 9.59 Å². The summed E-state index contributed by atoms with van der Waals surface area (Å²) in [6, 6.07) is -0.0208. The van der Waals surface area contributed by atoms with Gasteiger partial charge in [-0.05, 0) is 25.4 Å². The Kier molecular flexibility index (Phi) is 3.58. The summed E-state index contributed by atoms with van der Waals surface area (Å²) in [5, 5.41) is 0. The summed E-state index contributed by atoms with van der Waals surface area (Å²) in [5.41, 5.74) is 0. The second kappa shape index (κ2) is 5.55. The summed E-state index contributed by atoms with van der Waals surface area (Å²) in [5.74, 6) is 0.666. The van der Waals surface area contributed by atoms with Crippen LogP contribution in [0.5, 0.6) is 0 Å². The Balaban J connectivity index is 1.68. The minimum atomic E-state index is -0.783. The molecule has 0 saturated carbocycles. The van der Waals surface area contributed by atoms with Crippen molar-refractivity contribution >= 4 is 35.3 Å². The van der Waals surface area contributed by atoms with E-state index in [1.165, 1.54) is 23.5 Å². The number of amides is 2. The fourth-order valence-electron chi connectivity index (χ4n) is 5.43. The highest BCUT2D eigenvalue weighted by Gasteiger charge is 2.71. The predicted molar refractivity (Wildman–Crippen MR) is 107 cm³/mol. The van der Waals surface area contributed by atoms with E-state index >= 15 is 0 Å². The molecule has 0 N–H and O–H groups in total. The lowest BCUT2D eigenvalue weighted by Gasteiger charge is -2.53. The largest absolute Gasteiger partial charge is 0.309 e. The van der Waals surface area contributed by atoms with Gasteiger partial charge in [-0.25, -0.2) is 0 Å². The second-order valence-electron chi connectivity index (χ2n) is 7.58. The van der Waals surface area contributed by atoms with Crippen LogP contribution in [0.25, 0.3) is 0 Å². The van der Waals surface area contributed by atoms with Gasteiger partial charge in [0.15, 0.2) is 9.74 Å². The van der Waals surface area contributed by atoms with Crippen molar-refractivity contribution in [3.05, 3.63) is 48.6 Å². The van der Waals surface area contributed by atoms with Crippen LogP contribution in [-0.4, -0.2) is 56.0 Å². The number of fused-ring (bicyclic) bond motifs is 6. The van der Waals surface area contributed by atoms with Gasteiger partial charge in [0.05, 0.1) is 12.1 Å². The van der Waals surface area contributed by atoms with E-state index in [9.17, 15) is 9.59 Å². The van der Waals surface area contributed by atoms with Gasteiger partial charge < -0.3 is 9.80 Å². The number of hydrogen-bond acceptors (Lipinski definition) is 4. The molecule has 3 fully saturated rings. The molecule has 6 atom stereocenters. The van der Waals surface area contributed by atoms with Crippen molar-refractivity contribution in [3.8, 4) is 0 Å². The molecule has 26 heavy (non-hydrogen) atoms. The molecule has 0 aromatic rings. The van der Waals surface area contributed by atoms with Crippen molar-refractivity contribution in [3.63, 3.8) is 0 Å². The Morgan fingerprint density at radius 3 is 1.54 bits per heavy atom. The van der Waals surface area contributed by atoms with E-state index < -0.39 is 9.74 Å². The van der Waals surface area contributed by atoms with E-state index in [0.717, 1.165) is 0 Å². The first-order chi connectivity index (χ1) is 12.6. The molecule has 0 aromatic heterocycles. The van der Waals surface area contributed by atoms with Crippen molar-refractivity contribution in [1.82, 2.24) is 9.80 Å². The Hall–Kier alpha value is -1.40. The van der Waals surface area contributed by atoms with Crippen LogP contribution in [0.1, 0.15) is 12.8 Å². The van der Waals surface area contributed by atoms with Gasteiger partial charge in [-0.2, -0.15) is 0 Å². The maximum absolute atomic E-state index is 13.9. The highest BCUT2D eigenvalue weighted by atomic mass is 32.2. The lowest BCUT2D eigenvalue weighted by atomic mass is 9.93. The standard InChI is InChI=1S/C20H22N2O2S2/c1-25-19-11-13-7-3-5-9-15(13)21(19)18(24)20(26-2)12-14-8-4-6-10-16(14)22(20)17(19)23/h3-10,13-16H,11-12H2,1-2H3/t13-,14-,15-,16-,19-,20-/m1/s1. The topological polar surface area (TPSA) is 40.6 Å². The number of nitrogens with zero attached hydrogens (tertiary/aromatic N) is 2. The van der Waals surface area contributed by atoms with Crippen molar-refractivity contribution in [1.29, 1.82) is 0 Å². The van der Waals surface area contributed by atoms with Crippen LogP contribution in [0.4, 0.5) is 0 Å². The summed E-state index contributed by atoms with van der Waals surface area (Å²) in [6.07, 6.45) is 21.9. The Morgan fingerprint density at radius 2 is 1.15 bits per heavy atom. The van der Waals surface area contributed by atoms with Gasteiger partial charge in [-0.15, -0.1) is 23.5 Å². The van der Waals surface area contributed by atoms with Crippen LogP contribution in [0, 0.1) is 11.8 Å². The number of thioether (sulfide) groups is 2. The van der Waals surface area contributed by atoms with E-state index in [4.69, 9.17) is 0 Å². The molecule has 136 valence electrons. The smallest absolute Gasteiger partial charge is 0.261 e. The Bertz CT molecular complexity index is 738.